The maximum atomic E-state index is 12.1. The first kappa shape index (κ1) is 17.5. The van der Waals surface area contributed by atoms with Crippen LogP contribution in [0.5, 0.6) is 0 Å². The molecule has 8 heteroatoms. The fourth-order valence-corrected chi connectivity index (χ4v) is 2.48. The Morgan fingerprint density at radius 2 is 1.96 bits per heavy atom. The molecule has 1 saturated heterocycles. The average molecular weight is 333 g/mol. The van der Waals surface area contributed by atoms with Crippen LogP contribution in [0, 0.1) is 0 Å². The topological polar surface area (TPSA) is 116 Å². The molecule has 1 aliphatic rings. The number of hydrogen-bond acceptors (Lipinski definition) is 4. The molecule has 24 heavy (non-hydrogen) atoms. The number of aliphatic carboxylic acids is 1. The van der Waals surface area contributed by atoms with E-state index >= 15 is 0 Å². The summed E-state index contributed by atoms with van der Waals surface area (Å²) in [5.74, 6) is -1.81. The molecule has 128 valence electrons. The van der Waals surface area contributed by atoms with E-state index in [1.54, 1.807) is 0 Å². The van der Waals surface area contributed by atoms with Crippen molar-refractivity contribution in [3.63, 3.8) is 0 Å². The Balaban J connectivity index is 1.93. The SMILES string of the molecule is O=C(O)CCC(Cc1ccccc1)NC(=O)CN1CC(=O)NC1=O. The number of carbonyl (C=O) groups excluding carboxylic acids is 3. The predicted octanol–water partition coefficient (Wildman–Crippen LogP) is 0.131. The summed E-state index contributed by atoms with van der Waals surface area (Å²) >= 11 is 0. The number of rotatable bonds is 8. The molecule has 1 unspecified atom stereocenters. The van der Waals surface area contributed by atoms with Crippen molar-refractivity contribution in [2.75, 3.05) is 13.1 Å². The van der Waals surface area contributed by atoms with Crippen LogP contribution in [0.2, 0.25) is 0 Å². The van der Waals surface area contributed by atoms with E-state index in [9.17, 15) is 19.2 Å². The number of imide groups is 1. The lowest BCUT2D eigenvalue weighted by Gasteiger charge is -2.20. The summed E-state index contributed by atoms with van der Waals surface area (Å²) < 4.78 is 0. The molecule has 1 fully saturated rings. The molecule has 0 saturated carbocycles. The monoisotopic (exact) mass is 333 g/mol. The number of nitrogens with zero attached hydrogens (tertiary/aromatic N) is 1. The summed E-state index contributed by atoms with van der Waals surface area (Å²) in [7, 11) is 0. The molecular formula is C16H19N3O5. The van der Waals surface area contributed by atoms with Gasteiger partial charge in [0.15, 0.2) is 0 Å². The lowest BCUT2D eigenvalue weighted by atomic mass is 10.0. The van der Waals surface area contributed by atoms with Crippen molar-refractivity contribution in [2.45, 2.75) is 25.3 Å². The fourth-order valence-electron chi connectivity index (χ4n) is 2.48. The van der Waals surface area contributed by atoms with Crippen LogP contribution in [0.25, 0.3) is 0 Å². The number of carboxylic acid groups (broad SMARTS) is 1. The number of amides is 4. The maximum absolute atomic E-state index is 12.1. The van der Waals surface area contributed by atoms with Gasteiger partial charge in [0.1, 0.15) is 13.1 Å². The Hall–Kier alpha value is -2.90. The number of nitrogens with one attached hydrogen (secondary N) is 2. The second-order valence-electron chi connectivity index (χ2n) is 5.60. The van der Waals surface area contributed by atoms with Crippen molar-refractivity contribution in [3.05, 3.63) is 35.9 Å². The summed E-state index contributed by atoms with van der Waals surface area (Å²) in [5.41, 5.74) is 0.974. The zero-order valence-corrected chi connectivity index (χ0v) is 13.0. The van der Waals surface area contributed by atoms with Gasteiger partial charge in [0.25, 0.3) is 0 Å². The minimum atomic E-state index is -0.938. The smallest absolute Gasteiger partial charge is 0.325 e. The molecule has 1 heterocycles. The van der Waals surface area contributed by atoms with E-state index in [1.807, 2.05) is 30.3 Å². The summed E-state index contributed by atoms with van der Waals surface area (Å²) in [5, 5.41) is 13.7. The first-order chi connectivity index (χ1) is 11.4. The molecule has 2 rings (SSSR count). The first-order valence-electron chi connectivity index (χ1n) is 7.58. The second kappa shape index (κ2) is 8.09. The van der Waals surface area contributed by atoms with E-state index in [0.29, 0.717) is 6.42 Å². The van der Waals surface area contributed by atoms with Crippen LogP contribution in [-0.2, 0) is 20.8 Å². The summed E-state index contributed by atoms with van der Waals surface area (Å²) in [6.45, 7) is -0.388. The summed E-state index contributed by atoms with van der Waals surface area (Å²) in [4.78, 5) is 46.6. The van der Waals surface area contributed by atoms with E-state index in [1.165, 1.54) is 0 Å². The Bertz CT molecular complexity index is 632. The van der Waals surface area contributed by atoms with Crippen LogP contribution in [0.1, 0.15) is 18.4 Å². The number of hydrogen-bond donors (Lipinski definition) is 3. The van der Waals surface area contributed by atoms with Crippen LogP contribution < -0.4 is 10.6 Å². The van der Waals surface area contributed by atoms with Crippen LogP contribution >= 0.6 is 0 Å². The van der Waals surface area contributed by atoms with Gasteiger partial charge in [-0.25, -0.2) is 4.79 Å². The Kier molecular flexibility index (Phi) is 5.89. The van der Waals surface area contributed by atoms with Gasteiger partial charge in [0.2, 0.25) is 11.8 Å². The highest BCUT2D eigenvalue weighted by Gasteiger charge is 2.28. The van der Waals surface area contributed by atoms with E-state index in [-0.39, 0.29) is 32.0 Å². The molecule has 3 N–H and O–H groups in total. The third-order valence-electron chi connectivity index (χ3n) is 3.60. The molecule has 4 amide bonds. The van der Waals surface area contributed by atoms with Gasteiger partial charge >= 0.3 is 12.0 Å². The first-order valence-corrected chi connectivity index (χ1v) is 7.58. The summed E-state index contributed by atoms with van der Waals surface area (Å²) in [6.07, 6.45) is 0.701. The standard InChI is InChI=1S/C16H19N3O5/c20-13(9-19-10-14(21)18-16(19)24)17-12(6-7-15(22)23)8-11-4-2-1-3-5-11/h1-5,12H,6-10H2,(H,17,20)(H,22,23)(H,18,21,24). The van der Waals surface area contributed by atoms with Crippen molar-refractivity contribution in [3.8, 4) is 0 Å². The van der Waals surface area contributed by atoms with Crippen LogP contribution in [0.3, 0.4) is 0 Å². The second-order valence-corrected chi connectivity index (χ2v) is 5.60. The molecule has 1 aromatic carbocycles. The van der Waals surface area contributed by atoms with Gasteiger partial charge in [-0.05, 0) is 18.4 Å². The van der Waals surface area contributed by atoms with Gasteiger partial charge < -0.3 is 15.3 Å². The number of carboxylic acids is 1. The van der Waals surface area contributed by atoms with Crippen molar-refractivity contribution >= 4 is 23.8 Å². The van der Waals surface area contributed by atoms with Crippen LogP contribution in [-0.4, -0.2) is 53.0 Å². The highest BCUT2D eigenvalue weighted by molar-refractivity contribution is 6.03. The number of carbonyl (C=O) groups is 4. The van der Waals surface area contributed by atoms with Gasteiger partial charge in [-0.1, -0.05) is 30.3 Å². The fraction of sp³-hybridized carbons (Fsp3) is 0.375. The molecule has 1 aliphatic heterocycles. The Morgan fingerprint density at radius 3 is 2.54 bits per heavy atom. The zero-order valence-electron chi connectivity index (χ0n) is 13.0. The van der Waals surface area contributed by atoms with Crippen molar-refractivity contribution in [1.29, 1.82) is 0 Å². The van der Waals surface area contributed by atoms with E-state index in [4.69, 9.17) is 5.11 Å². The molecule has 8 nitrogen and oxygen atoms in total. The lowest BCUT2D eigenvalue weighted by Crippen LogP contribution is -2.44. The van der Waals surface area contributed by atoms with Crippen molar-refractivity contribution in [2.24, 2.45) is 0 Å². The van der Waals surface area contributed by atoms with E-state index < -0.39 is 23.8 Å². The van der Waals surface area contributed by atoms with Gasteiger partial charge in [-0.2, -0.15) is 0 Å². The molecule has 0 aromatic heterocycles. The Labute approximate surface area is 138 Å². The molecular weight excluding hydrogens is 314 g/mol. The molecule has 0 spiro atoms. The molecule has 0 aliphatic carbocycles. The van der Waals surface area contributed by atoms with Gasteiger partial charge in [0, 0.05) is 12.5 Å². The lowest BCUT2D eigenvalue weighted by molar-refractivity contribution is -0.137. The predicted molar refractivity (Wildman–Crippen MR) is 84.1 cm³/mol. The normalized spacial score (nSPS) is 15.1. The molecule has 1 aromatic rings. The minimum Gasteiger partial charge on any atom is -0.481 e. The van der Waals surface area contributed by atoms with E-state index in [2.05, 4.69) is 10.6 Å². The van der Waals surface area contributed by atoms with Gasteiger partial charge in [-0.3, -0.25) is 19.7 Å². The minimum absolute atomic E-state index is 0.0690. The molecule has 0 bridgehead atoms. The average Bonchev–Trinajstić information content (AvgIpc) is 2.83. The zero-order chi connectivity index (χ0) is 17.5. The quantitative estimate of drug-likeness (QED) is 0.585. The Morgan fingerprint density at radius 1 is 1.25 bits per heavy atom. The van der Waals surface area contributed by atoms with Gasteiger partial charge in [-0.15, -0.1) is 0 Å². The van der Waals surface area contributed by atoms with Crippen LogP contribution in [0.15, 0.2) is 30.3 Å². The van der Waals surface area contributed by atoms with Gasteiger partial charge in [0.05, 0.1) is 0 Å². The van der Waals surface area contributed by atoms with Crippen molar-refractivity contribution in [1.82, 2.24) is 15.5 Å². The van der Waals surface area contributed by atoms with E-state index in [0.717, 1.165) is 10.5 Å². The summed E-state index contributed by atoms with van der Waals surface area (Å²) in [6, 6.07) is 8.44. The number of urea groups is 1. The third-order valence-corrected chi connectivity index (χ3v) is 3.60. The van der Waals surface area contributed by atoms with Crippen molar-refractivity contribution < 1.29 is 24.3 Å². The highest BCUT2D eigenvalue weighted by atomic mass is 16.4. The third kappa shape index (κ3) is 5.38. The van der Waals surface area contributed by atoms with Crippen LogP contribution in [0.4, 0.5) is 4.79 Å². The molecule has 1 atom stereocenters. The number of benzene rings is 1. The molecule has 0 radical (unpaired) electrons. The highest BCUT2D eigenvalue weighted by Crippen LogP contribution is 2.08. The largest absolute Gasteiger partial charge is 0.481 e. The maximum Gasteiger partial charge on any atom is 0.325 e.